The van der Waals surface area contributed by atoms with Gasteiger partial charge >= 0.3 is 0 Å². The van der Waals surface area contributed by atoms with Gasteiger partial charge in [-0.1, -0.05) is 0 Å². The first-order valence-electron chi connectivity index (χ1n) is 5.14. The SMILES string of the molecule is CCN=C(NN)Nc1ccc(OC)cc1C. The molecular weight excluding hydrogens is 204 g/mol. The molecule has 0 aliphatic carbocycles. The van der Waals surface area contributed by atoms with E-state index in [9.17, 15) is 0 Å². The van der Waals surface area contributed by atoms with E-state index in [1.54, 1.807) is 7.11 Å². The normalized spacial score (nSPS) is 11.1. The van der Waals surface area contributed by atoms with Crippen molar-refractivity contribution in [3.05, 3.63) is 23.8 Å². The Morgan fingerprint density at radius 3 is 2.75 bits per heavy atom. The predicted octanol–water partition coefficient (Wildman–Crippen LogP) is 1.25. The summed E-state index contributed by atoms with van der Waals surface area (Å²) in [4.78, 5) is 4.16. The van der Waals surface area contributed by atoms with Gasteiger partial charge in [0.05, 0.1) is 7.11 Å². The van der Waals surface area contributed by atoms with E-state index in [4.69, 9.17) is 10.6 Å². The quantitative estimate of drug-likeness (QED) is 0.311. The van der Waals surface area contributed by atoms with Crippen LogP contribution >= 0.6 is 0 Å². The van der Waals surface area contributed by atoms with Gasteiger partial charge in [-0.3, -0.25) is 10.4 Å². The van der Waals surface area contributed by atoms with Gasteiger partial charge in [-0.25, -0.2) is 5.84 Å². The van der Waals surface area contributed by atoms with Crippen LogP contribution in [0.15, 0.2) is 23.2 Å². The number of ether oxygens (including phenoxy) is 1. The third-order valence-electron chi connectivity index (χ3n) is 2.14. The molecule has 0 atom stereocenters. The van der Waals surface area contributed by atoms with Crippen molar-refractivity contribution in [2.75, 3.05) is 19.0 Å². The molecule has 88 valence electrons. The second-order valence-corrected chi connectivity index (χ2v) is 3.27. The van der Waals surface area contributed by atoms with Crippen LogP contribution in [-0.4, -0.2) is 19.6 Å². The second-order valence-electron chi connectivity index (χ2n) is 3.27. The molecule has 1 aromatic carbocycles. The number of hydrogen-bond acceptors (Lipinski definition) is 3. The molecule has 1 rings (SSSR count). The number of hydrazine groups is 1. The Hall–Kier alpha value is -1.75. The fourth-order valence-corrected chi connectivity index (χ4v) is 1.31. The Morgan fingerprint density at radius 2 is 2.25 bits per heavy atom. The van der Waals surface area contributed by atoms with E-state index in [0.29, 0.717) is 12.5 Å². The summed E-state index contributed by atoms with van der Waals surface area (Å²) in [5.41, 5.74) is 4.53. The molecule has 0 aliphatic heterocycles. The standard InChI is InChI=1S/C11H18N4O/c1-4-13-11(15-12)14-10-6-5-9(16-3)7-8(10)2/h5-7H,4,12H2,1-3H3,(H2,13,14,15). The molecule has 4 N–H and O–H groups in total. The van der Waals surface area contributed by atoms with E-state index in [-0.39, 0.29) is 0 Å². The summed E-state index contributed by atoms with van der Waals surface area (Å²) in [7, 11) is 1.65. The number of hydrogen-bond donors (Lipinski definition) is 3. The van der Waals surface area contributed by atoms with Gasteiger partial charge in [-0.2, -0.15) is 0 Å². The van der Waals surface area contributed by atoms with Gasteiger partial charge < -0.3 is 10.1 Å². The third kappa shape index (κ3) is 3.13. The van der Waals surface area contributed by atoms with Gasteiger partial charge in [0.25, 0.3) is 0 Å². The number of nitrogens with zero attached hydrogens (tertiary/aromatic N) is 1. The maximum Gasteiger partial charge on any atom is 0.210 e. The molecule has 0 aromatic heterocycles. The lowest BCUT2D eigenvalue weighted by atomic mass is 10.2. The molecule has 0 saturated heterocycles. The van der Waals surface area contributed by atoms with Crippen LogP contribution in [0.3, 0.4) is 0 Å². The molecule has 0 heterocycles. The number of benzene rings is 1. The Balaban J connectivity index is 2.85. The highest BCUT2D eigenvalue weighted by Gasteiger charge is 2.02. The van der Waals surface area contributed by atoms with E-state index in [0.717, 1.165) is 17.0 Å². The maximum absolute atomic E-state index is 5.34. The number of methoxy groups -OCH3 is 1. The molecule has 0 radical (unpaired) electrons. The van der Waals surface area contributed by atoms with Crippen molar-refractivity contribution in [1.82, 2.24) is 5.43 Å². The minimum atomic E-state index is 0.552. The topological polar surface area (TPSA) is 71.7 Å². The van der Waals surface area contributed by atoms with Gasteiger partial charge in [-0.05, 0) is 37.6 Å². The van der Waals surface area contributed by atoms with Crippen molar-refractivity contribution in [3.63, 3.8) is 0 Å². The van der Waals surface area contributed by atoms with Crippen LogP contribution in [0.4, 0.5) is 5.69 Å². The molecule has 0 saturated carbocycles. The molecule has 1 aromatic rings. The van der Waals surface area contributed by atoms with E-state index in [1.807, 2.05) is 32.0 Å². The van der Waals surface area contributed by atoms with Gasteiger partial charge in [-0.15, -0.1) is 0 Å². The average molecular weight is 222 g/mol. The molecule has 0 unspecified atom stereocenters. The molecule has 16 heavy (non-hydrogen) atoms. The lowest BCUT2D eigenvalue weighted by molar-refractivity contribution is 0.414. The number of nitrogens with two attached hydrogens (primary N) is 1. The largest absolute Gasteiger partial charge is 0.497 e. The average Bonchev–Trinajstić information content (AvgIpc) is 2.30. The van der Waals surface area contributed by atoms with Crippen molar-refractivity contribution >= 4 is 11.6 Å². The van der Waals surface area contributed by atoms with Gasteiger partial charge in [0.2, 0.25) is 5.96 Å². The smallest absolute Gasteiger partial charge is 0.210 e. The summed E-state index contributed by atoms with van der Waals surface area (Å²) in [5, 5.41) is 3.11. The number of nitrogens with one attached hydrogen (secondary N) is 2. The van der Waals surface area contributed by atoms with E-state index >= 15 is 0 Å². The van der Waals surface area contributed by atoms with Crippen LogP contribution in [0.2, 0.25) is 0 Å². The highest BCUT2D eigenvalue weighted by molar-refractivity contribution is 5.93. The molecule has 5 heteroatoms. The summed E-state index contributed by atoms with van der Waals surface area (Å²) in [6.45, 7) is 4.60. The Bertz CT molecular complexity index is 376. The van der Waals surface area contributed by atoms with Gasteiger partial charge in [0.1, 0.15) is 5.75 Å². The maximum atomic E-state index is 5.34. The molecule has 5 nitrogen and oxygen atoms in total. The number of aliphatic imine (C=N–C) groups is 1. The number of guanidine groups is 1. The molecular formula is C11H18N4O. The fraction of sp³-hybridized carbons (Fsp3) is 0.364. The summed E-state index contributed by atoms with van der Waals surface area (Å²) in [6, 6.07) is 5.76. The van der Waals surface area contributed by atoms with Crippen LogP contribution in [0.25, 0.3) is 0 Å². The van der Waals surface area contributed by atoms with Crippen LogP contribution in [0, 0.1) is 6.92 Å². The summed E-state index contributed by atoms with van der Waals surface area (Å²) >= 11 is 0. The first-order chi connectivity index (χ1) is 7.71. The second kappa shape index (κ2) is 5.97. The van der Waals surface area contributed by atoms with Crippen molar-refractivity contribution in [2.45, 2.75) is 13.8 Å². The number of rotatable bonds is 3. The van der Waals surface area contributed by atoms with Crippen molar-refractivity contribution in [2.24, 2.45) is 10.8 Å². The summed E-state index contributed by atoms with van der Waals surface area (Å²) in [6.07, 6.45) is 0. The number of aryl methyl sites for hydroxylation is 1. The highest BCUT2D eigenvalue weighted by atomic mass is 16.5. The monoisotopic (exact) mass is 222 g/mol. The minimum Gasteiger partial charge on any atom is -0.497 e. The Kier molecular flexibility index (Phi) is 4.60. The molecule has 0 spiro atoms. The van der Waals surface area contributed by atoms with Crippen LogP contribution in [0.1, 0.15) is 12.5 Å². The van der Waals surface area contributed by atoms with Crippen molar-refractivity contribution in [1.29, 1.82) is 0 Å². The van der Waals surface area contributed by atoms with E-state index in [2.05, 4.69) is 15.7 Å². The van der Waals surface area contributed by atoms with Crippen molar-refractivity contribution < 1.29 is 4.74 Å². The Morgan fingerprint density at radius 1 is 1.50 bits per heavy atom. The van der Waals surface area contributed by atoms with Crippen LogP contribution in [0.5, 0.6) is 5.75 Å². The zero-order valence-corrected chi connectivity index (χ0v) is 9.87. The van der Waals surface area contributed by atoms with Crippen molar-refractivity contribution in [3.8, 4) is 5.75 Å². The fourth-order valence-electron chi connectivity index (χ4n) is 1.31. The lowest BCUT2D eigenvalue weighted by Crippen LogP contribution is -2.36. The highest BCUT2D eigenvalue weighted by Crippen LogP contribution is 2.20. The number of anilines is 1. The van der Waals surface area contributed by atoms with Gasteiger partial charge in [0.15, 0.2) is 0 Å². The van der Waals surface area contributed by atoms with E-state index < -0.39 is 0 Å². The molecule has 0 aliphatic rings. The lowest BCUT2D eigenvalue weighted by Gasteiger charge is -2.12. The zero-order valence-electron chi connectivity index (χ0n) is 9.87. The predicted molar refractivity (Wildman–Crippen MR) is 66.7 cm³/mol. The summed E-state index contributed by atoms with van der Waals surface area (Å²) in [5.74, 6) is 6.73. The molecule has 0 fully saturated rings. The molecule has 0 bridgehead atoms. The zero-order chi connectivity index (χ0) is 12.0. The first kappa shape index (κ1) is 12.3. The minimum absolute atomic E-state index is 0.552. The van der Waals surface area contributed by atoms with Crippen LogP contribution < -0.4 is 21.3 Å². The Labute approximate surface area is 95.7 Å². The first-order valence-corrected chi connectivity index (χ1v) is 5.14. The van der Waals surface area contributed by atoms with Gasteiger partial charge in [0, 0.05) is 12.2 Å². The van der Waals surface area contributed by atoms with Crippen LogP contribution in [-0.2, 0) is 0 Å². The molecule has 0 amide bonds. The van der Waals surface area contributed by atoms with E-state index in [1.165, 1.54) is 0 Å². The third-order valence-corrected chi connectivity index (χ3v) is 2.14. The summed E-state index contributed by atoms with van der Waals surface area (Å²) < 4.78 is 5.13.